The number of hydrogen-bond donors (Lipinski definition) is 1. The lowest BCUT2D eigenvalue weighted by Crippen LogP contribution is -2.52. The zero-order chi connectivity index (χ0) is 27.9. The Bertz CT molecular complexity index is 1350. The van der Waals surface area contributed by atoms with Crippen molar-refractivity contribution in [2.45, 2.75) is 50.7 Å². The number of nitrogens with zero attached hydrogens (tertiary/aromatic N) is 2. The molecule has 0 bridgehead atoms. The van der Waals surface area contributed by atoms with E-state index in [2.05, 4.69) is 27.9 Å². The van der Waals surface area contributed by atoms with Crippen LogP contribution in [0.2, 0.25) is 5.02 Å². The van der Waals surface area contributed by atoms with Crippen LogP contribution in [-0.2, 0) is 26.2 Å². The van der Waals surface area contributed by atoms with E-state index in [0.717, 1.165) is 19.9 Å². The third kappa shape index (κ3) is 7.70. The maximum atomic E-state index is 13.9. The fourth-order valence-corrected chi connectivity index (χ4v) is 5.74. The number of anilines is 1. The Labute approximate surface area is 243 Å². The second kappa shape index (κ2) is 13.4. The molecule has 0 saturated heterocycles. The van der Waals surface area contributed by atoms with Crippen LogP contribution in [0.25, 0.3) is 0 Å². The van der Waals surface area contributed by atoms with Crippen LogP contribution in [0, 0.1) is 3.57 Å². The molecule has 0 fully saturated rings. The number of carbonyl (C=O) groups is 2. The molecule has 2 amide bonds. The molecular weight excluding hydrogens is 637 g/mol. The maximum Gasteiger partial charge on any atom is 0.264 e. The summed E-state index contributed by atoms with van der Waals surface area (Å²) in [5, 5.41) is 3.42. The number of amides is 2. The van der Waals surface area contributed by atoms with Crippen molar-refractivity contribution in [1.82, 2.24) is 10.2 Å². The Morgan fingerprint density at radius 1 is 0.974 bits per heavy atom. The molecule has 0 unspecified atom stereocenters. The van der Waals surface area contributed by atoms with Crippen LogP contribution in [0.1, 0.15) is 32.8 Å². The van der Waals surface area contributed by atoms with Crippen LogP contribution < -0.4 is 9.62 Å². The molecule has 2 atom stereocenters. The van der Waals surface area contributed by atoms with Gasteiger partial charge in [-0.15, -0.1) is 0 Å². The van der Waals surface area contributed by atoms with Crippen molar-refractivity contribution in [1.29, 1.82) is 0 Å². The van der Waals surface area contributed by atoms with Gasteiger partial charge < -0.3 is 10.2 Å². The van der Waals surface area contributed by atoms with Crippen LogP contribution in [0.3, 0.4) is 0 Å². The first-order chi connectivity index (χ1) is 18.0. The number of halogens is 2. The summed E-state index contributed by atoms with van der Waals surface area (Å²) < 4.78 is 29.5. The van der Waals surface area contributed by atoms with Crippen LogP contribution in [0.5, 0.6) is 0 Å². The molecule has 1 N–H and O–H groups in total. The van der Waals surface area contributed by atoms with E-state index in [-0.39, 0.29) is 23.4 Å². The van der Waals surface area contributed by atoms with Crippen molar-refractivity contribution in [2.24, 2.45) is 0 Å². The number of rotatable bonds is 11. The lowest BCUT2D eigenvalue weighted by atomic mass is 10.1. The molecule has 3 rings (SSSR count). The Morgan fingerprint density at radius 3 is 2.24 bits per heavy atom. The first-order valence-electron chi connectivity index (χ1n) is 12.2. The van der Waals surface area contributed by atoms with Crippen molar-refractivity contribution in [3.05, 3.63) is 93.0 Å². The molecule has 10 heteroatoms. The molecule has 0 aromatic heterocycles. The summed E-state index contributed by atoms with van der Waals surface area (Å²) in [6.45, 7) is 5.08. The molecule has 0 aliphatic heterocycles. The zero-order valence-corrected chi connectivity index (χ0v) is 25.2. The summed E-state index contributed by atoms with van der Waals surface area (Å²) in [6.07, 6.45) is 0.733. The molecule has 7 nitrogen and oxygen atoms in total. The maximum absolute atomic E-state index is 13.9. The quantitative estimate of drug-likeness (QED) is 0.275. The Morgan fingerprint density at radius 2 is 1.63 bits per heavy atom. The zero-order valence-electron chi connectivity index (χ0n) is 21.5. The standard InChI is InChI=1S/C28H31ClIN3O4S/c1-4-20(2)31-28(35)21(3)32(18-22-9-8-10-23(29)17-22)27(34)19-33(25-15-13-24(30)14-16-25)38(36,37)26-11-6-5-7-12-26/h5-17,20-21H,4,18-19H2,1-3H3,(H,31,35)/t20-,21+/m0/s1. The lowest BCUT2D eigenvalue weighted by molar-refractivity contribution is -0.139. The average Bonchev–Trinajstić information content (AvgIpc) is 2.90. The molecule has 0 aliphatic carbocycles. The molecule has 0 saturated carbocycles. The summed E-state index contributed by atoms with van der Waals surface area (Å²) >= 11 is 8.30. The monoisotopic (exact) mass is 667 g/mol. The number of benzene rings is 3. The summed E-state index contributed by atoms with van der Waals surface area (Å²) in [5.41, 5.74) is 1.07. The van der Waals surface area contributed by atoms with Gasteiger partial charge in [-0.05, 0) is 97.0 Å². The minimum Gasteiger partial charge on any atom is -0.352 e. The highest BCUT2D eigenvalue weighted by Gasteiger charge is 2.32. The number of sulfonamides is 1. The fraction of sp³-hybridized carbons (Fsp3) is 0.286. The van der Waals surface area contributed by atoms with Gasteiger partial charge in [-0.2, -0.15) is 0 Å². The van der Waals surface area contributed by atoms with E-state index in [4.69, 9.17) is 11.6 Å². The van der Waals surface area contributed by atoms with Gasteiger partial charge in [0.15, 0.2) is 0 Å². The molecular formula is C28H31ClIN3O4S. The van der Waals surface area contributed by atoms with Crippen molar-refractivity contribution in [3.63, 3.8) is 0 Å². The Balaban J connectivity index is 2.01. The van der Waals surface area contributed by atoms with Gasteiger partial charge in [0, 0.05) is 21.2 Å². The Hall–Kier alpha value is -2.63. The SMILES string of the molecule is CC[C@H](C)NC(=O)[C@@H](C)N(Cc1cccc(Cl)c1)C(=O)CN(c1ccc(I)cc1)S(=O)(=O)c1ccccc1. The van der Waals surface area contributed by atoms with Gasteiger partial charge in [0.25, 0.3) is 10.0 Å². The highest BCUT2D eigenvalue weighted by atomic mass is 127. The van der Waals surface area contributed by atoms with Crippen molar-refractivity contribution in [2.75, 3.05) is 10.8 Å². The number of carbonyl (C=O) groups excluding carboxylic acids is 2. The summed E-state index contributed by atoms with van der Waals surface area (Å²) in [7, 11) is -4.08. The third-order valence-electron chi connectivity index (χ3n) is 6.13. The van der Waals surface area contributed by atoms with Gasteiger partial charge in [-0.3, -0.25) is 13.9 Å². The summed E-state index contributed by atoms with van der Waals surface area (Å²) in [6, 6.07) is 20.9. The van der Waals surface area contributed by atoms with E-state index < -0.39 is 28.5 Å². The molecule has 0 radical (unpaired) electrons. The molecule has 0 aliphatic rings. The van der Waals surface area contributed by atoms with E-state index >= 15 is 0 Å². The minimum atomic E-state index is -4.08. The third-order valence-corrected chi connectivity index (χ3v) is 8.88. The summed E-state index contributed by atoms with van der Waals surface area (Å²) in [4.78, 5) is 28.4. The molecule has 0 spiro atoms. The average molecular weight is 668 g/mol. The van der Waals surface area contributed by atoms with Gasteiger partial charge in [-0.1, -0.05) is 48.9 Å². The minimum absolute atomic E-state index is 0.0651. The highest BCUT2D eigenvalue weighted by molar-refractivity contribution is 14.1. The molecule has 0 heterocycles. The van der Waals surface area contributed by atoms with Crippen LogP contribution in [0.15, 0.2) is 83.8 Å². The number of nitrogens with one attached hydrogen (secondary N) is 1. The predicted octanol–water partition coefficient (Wildman–Crippen LogP) is 5.47. The predicted molar refractivity (Wildman–Crippen MR) is 159 cm³/mol. The van der Waals surface area contributed by atoms with Gasteiger partial charge in [0.2, 0.25) is 11.8 Å². The smallest absolute Gasteiger partial charge is 0.264 e. The van der Waals surface area contributed by atoms with Gasteiger partial charge in [0.1, 0.15) is 12.6 Å². The van der Waals surface area contributed by atoms with E-state index in [1.165, 1.54) is 17.0 Å². The van der Waals surface area contributed by atoms with Crippen LogP contribution in [-0.4, -0.2) is 43.8 Å². The normalized spacial score (nSPS) is 12.9. The highest BCUT2D eigenvalue weighted by Crippen LogP contribution is 2.25. The summed E-state index contributed by atoms with van der Waals surface area (Å²) in [5.74, 6) is -0.837. The molecule has 3 aromatic rings. The van der Waals surface area contributed by atoms with Crippen LogP contribution in [0.4, 0.5) is 5.69 Å². The van der Waals surface area contributed by atoms with E-state index in [1.54, 1.807) is 67.6 Å². The van der Waals surface area contributed by atoms with Crippen molar-refractivity contribution in [3.8, 4) is 0 Å². The van der Waals surface area contributed by atoms with E-state index in [9.17, 15) is 18.0 Å². The van der Waals surface area contributed by atoms with Crippen molar-refractivity contribution >= 4 is 61.7 Å². The topological polar surface area (TPSA) is 86.8 Å². The second-order valence-electron chi connectivity index (χ2n) is 8.95. The van der Waals surface area contributed by atoms with Gasteiger partial charge in [0.05, 0.1) is 10.6 Å². The van der Waals surface area contributed by atoms with Crippen molar-refractivity contribution < 1.29 is 18.0 Å². The van der Waals surface area contributed by atoms with Gasteiger partial charge in [-0.25, -0.2) is 8.42 Å². The molecule has 3 aromatic carbocycles. The molecule has 202 valence electrons. The lowest BCUT2D eigenvalue weighted by Gasteiger charge is -2.32. The Kier molecular flexibility index (Phi) is 10.6. The first kappa shape index (κ1) is 29.9. The van der Waals surface area contributed by atoms with E-state index in [0.29, 0.717) is 10.7 Å². The first-order valence-corrected chi connectivity index (χ1v) is 15.1. The fourth-order valence-electron chi connectivity index (χ4n) is 3.74. The van der Waals surface area contributed by atoms with Crippen LogP contribution >= 0.6 is 34.2 Å². The van der Waals surface area contributed by atoms with Gasteiger partial charge >= 0.3 is 0 Å². The van der Waals surface area contributed by atoms with E-state index in [1.807, 2.05) is 19.9 Å². The second-order valence-corrected chi connectivity index (χ2v) is 12.5. The molecule has 38 heavy (non-hydrogen) atoms. The number of hydrogen-bond acceptors (Lipinski definition) is 4. The largest absolute Gasteiger partial charge is 0.352 e.